The molecule has 0 aromatic carbocycles. The number of aromatic nitrogens is 1. The molecule has 1 aromatic rings. The Morgan fingerprint density at radius 1 is 1.79 bits per heavy atom. The Bertz CT molecular complexity index is 354. The van der Waals surface area contributed by atoms with Gasteiger partial charge >= 0.3 is 0 Å². The second kappa shape index (κ2) is 3.86. The number of nitrogens with one attached hydrogen (secondary N) is 1. The van der Waals surface area contributed by atoms with E-state index in [0.29, 0.717) is 0 Å². The molecule has 76 valence electrons. The van der Waals surface area contributed by atoms with Crippen LogP contribution in [0.1, 0.15) is 6.42 Å². The summed E-state index contributed by atoms with van der Waals surface area (Å²) in [4.78, 5) is 17.4. The molecule has 2 heterocycles. The van der Waals surface area contributed by atoms with Crippen LogP contribution in [0.2, 0.25) is 0 Å². The molecule has 1 fully saturated rings. The molecule has 0 aliphatic carbocycles. The van der Waals surface area contributed by atoms with Crippen LogP contribution in [-0.4, -0.2) is 35.4 Å². The third kappa shape index (κ3) is 1.90. The maximum absolute atomic E-state index is 11.5. The molecule has 2 rings (SSSR count). The number of amides is 1. The smallest absolute Gasteiger partial charge is 0.244 e. The monoisotopic (exact) mass is 275 g/mol. The number of hydrogen-bond donors (Lipinski definition) is 1. The van der Waals surface area contributed by atoms with Crippen molar-refractivity contribution in [2.45, 2.75) is 12.5 Å². The lowest BCUT2D eigenvalue weighted by molar-refractivity contribution is -0.127. The Balaban J connectivity index is 2.02. The van der Waals surface area contributed by atoms with E-state index in [9.17, 15) is 4.79 Å². The van der Waals surface area contributed by atoms with Crippen molar-refractivity contribution in [3.8, 4) is 0 Å². The lowest BCUT2D eigenvalue weighted by atomic mass is 10.2. The molecule has 6 heteroatoms. The van der Waals surface area contributed by atoms with Crippen molar-refractivity contribution in [2.24, 2.45) is 0 Å². The van der Waals surface area contributed by atoms with Crippen LogP contribution in [-0.2, 0) is 4.79 Å². The molecule has 0 bridgehead atoms. The first-order valence-corrected chi connectivity index (χ1v) is 5.90. The fraction of sp³-hybridized carbons (Fsp3) is 0.500. The highest BCUT2D eigenvalue weighted by Crippen LogP contribution is 2.25. The molecule has 1 aliphatic rings. The molecule has 0 spiro atoms. The summed E-state index contributed by atoms with van der Waals surface area (Å²) < 4.78 is 0.971. The number of likely N-dealkylation sites (N-methyl/N-ethyl adjacent to an activating group) is 1. The van der Waals surface area contributed by atoms with E-state index in [1.807, 2.05) is 7.05 Å². The molecule has 4 nitrogen and oxygen atoms in total. The Morgan fingerprint density at radius 3 is 3.07 bits per heavy atom. The topological polar surface area (TPSA) is 45.2 Å². The van der Waals surface area contributed by atoms with Crippen LogP contribution >= 0.6 is 27.3 Å². The molecule has 1 aliphatic heterocycles. The lowest BCUT2D eigenvalue weighted by Gasteiger charge is -2.10. The van der Waals surface area contributed by atoms with Gasteiger partial charge in [0.05, 0.1) is 9.98 Å². The van der Waals surface area contributed by atoms with Gasteiger partial charge in [-0.15, -0.1) is 0 Å². The first kappa shape index (κ1) is 9.92. The van der Waals surface area contributed by atoms with Crippen LogP contribution in [0.25, 0.3) is 0 Å². The summed E-state index contributed by atoms with van der Waals surface area (Å²) in [6, 6.07) is -0.0990. The zero-order chi connectivity index (χ0) is 10.1. The van der Waals surface area contributed by atoms with Crippen molar-refractivity contribution in [3.63, 3.8) is 0 Å². The van der Waals surface area contributed by atoms with Gasteiger partial charge in [0, 0.05) is 13.6 Å². The van der Waals surface area contributed by atoms with E-state index in [0.717, 1.165) is 21.9 Å². The van der Waals surface area contributed by atoms with Crippen LogP contribution in [0.5, 0.6) is 0 Å². The summed E-state index contributed by atoms with van der Waals surface area (Å²) in [7, 11) is 1.82. The Morgan fingerprint density at radius 2 is 2.57 bits per heavy atom. The summed E-state index contributed by atoms with van der Waals surface area (Å²) in [5, 5.41) is 3.92. The van der Waals surface area contributed by atoms with Crippen LogP contribution in [0.4, 0.5) is 5.13 Å². The first-order valence-electron chi connectivity index (χ1n) is 4.29. The zero-order valence-corrected chi connectivity index (χ0v) is 10.1. The number of hydrogen-bond acceptors (Lipinski definition) is 4. The van der Waals surface area contributed by atoms with Crippen molar-refractivity contribution < 1.29 is 4.79 Å². The molecule has 14 heavy (non-hydrogen) atoms. The number of thiazole rings is 1. The van der Waals surface area contributed by atoms with Gasteiger partial charge in [0.15, 0.2) is 5.13 Å². The maximum Gasteiger partial charge on any atom is 0.244 e. The summed E-state index contributed by atoms with van der Waals surface area (Å²) in [5.41, 5.74) is 0. The van der Waals surface area contributed by atoms with Crippen molar-refractivity contribution >= 4 is 38.3 Å². The van der Waals surface area contributed by atoms with Gasteiger partial charge < -0.3 is 10.2 Å². The van der Waals surface area contributed by atoms with Gasteiger partial charge in [-0.25, -0.2) is 4.98 Å². The van der Waals surface area contributed by atoms with Gasteiger partial charge in [-0.05, 0) is 22.4 Å². The average Bonchev–Trinajstić information content (AvgIpc) is 2.67. The molecule has 1 N–H and O–H groups in total. The van der Waals surface area contributed by atoms with E-state index >= 15 is 0 Å². The normalized spacial score (nSPS) is 21.7. The number of likely N-dealkylation sites (tertiary alicyclic amines) is 1. The van der Waals surface area contributed by atoms with Gasteiger partial charge in [-0.3, -0.25) is 4.79 Å². The molecular formula is C8H10BrN3OS. The number of carbonyl (C=O) groups is 1. The quantitative estimate of drug-likeness (QED) is 0.891. The molecule has 0 saturated carbocycles. The minimum atomic E-state index is -0.0990. The third-order valence-corrected chi connectivity index (χ3v) is 3.61. The number of anilines is 1. The van der Waals surface area contributed by atoms with Crippen molar-refractivity contribution in [1.82, 2.24) is 9.88 Å². The summed E-state index contributed by atoms with van der Waals surface area (Å²) >= 11 is 4.83. The summed E-state index contributed by atoms with van der Waals surface area (Å²) in [6.07, 6.45) is 2.59. The highest BCUT2D eigenvalue weighted by atomic mass is 79.9. The molecule has 1 atom stereocenters. The lowest BCUT2D eigenvalue weighted by Crippen LogP contribution is -2.30. The van der Waals surface area contributed by atoms with E-state index in [2.05, 4.69) is 26.2 Å². The number of nitrogens with zero attached hydrogens (tertiary/aromatic N) is 2. The Hall–Kier alpha value is -0.620. The van der Waals surface area contributed by atoms with Crippen LogP contribution in [0.15, 0.2) is 9.98 Å². The molecule has 1 aromatic heterocycles. The number of carbonyl (C=O) groups excluding carboxylic acids is 1. The largest absolute Gasteiger partial charge is 0.350 e. The highest BCUT2D eigenvalue weighted by molar-refractivity contribution is 9.11. The van der Waals surface area contributed by atoms with Crippen LogP contribution in [0.3, 0.4) is 0 Å². The fourth-order valence-corrected chi connectivity index (χ4v) is 2.59. The Kier molecular flexibility index (Phi) is 2.73. The molecule has 1 saturated heterocycles. The highest BCUT2D eigenvalue weighted by Gasteiger charge is 2.29. The molecular weight excluding hydrogens is 266 g/mol. The van der Waals surface area contributed by atoms with Gasteiger partial charge in [0.25, 0.3) is 0 Å². The second-order valence-electron chi connectivity index (χ2n) is 3.21. The Labute approximate surface area is 94.4 Å². The standard InChI is InChI=1S/C8H10BrN3OS/c1-12-3-2-5(7(12)13)11-8-10-4-6(9)14-8/h4-5H,2-3H2,1H3,(H,10,11). The van der Waals surface area contributed by atoms with Crippen molar-refractivity contribution in [1.29, 1.82) is 0 Å². The molecule has 1 amide bonds. The maximum atomic E-state index is 11.5. The third-order valence-electron chi connectivity index (χ3n) is 2.20. The predicted molar refractivity (Wildman–Crippen MR) is 59.5 cm³/mol. The van der Waals surface area contributed by atoms with E-state index in [4.69, 9.17) is 0 Å². The minimum absolute atomic E-state index is 0.0990. The summed E-state index contributed by atoms with van der Waals surface area (Å²) in [5.74, 6) is 0.149. The van der Waals surface area contributed by atoms with E-state index < -0.39 is 0 Å². The minimum Gasteiger partial charge on any atom is -0.350 e. The predicted octanol–water partition coefficient (Wildman–Crippen LogP) is 1.55. The fourth-order valence-electron chi connectivity index (χ4n) is 1.43. The molecule has 0 radical (unpaired) electrons. The van der Waals surface area contributed by atoms with Gasteiger partial charge in [0.2, 0.25) is 5.91 Å². The van der Waals surface area contributed by atoms with E-state index in [-0.39, 0.29) is 11.9 Å². The van der Waals surface area contributed by atoms with Crippen LogP contribution in [0, 0.1) is 0 Å². The van der Waals surface area contributed by atoms with E-state index in [1.165, 1.54) is 11.3 Å². The van der Waals surface area contributed by atoms with Gasteiger partial charge in [0.1, 0.15) is 6.04 Å². The number of rotatable bonds is 2. The SMILES string of the molecule is CN1CCC(Nc2ncc(Br)s2)C1=O. The van der Waals surface area contributed by atoms with Crippen molar-refractivity contribution in [2.75, 3.05) is 18.9 Å². The van der Waals surface area contributed by atoms with Crippen molar-refractivity contribution in [3.05, 3.63) is 9.98 Å². The van der Waals surface area contributed by atoms with E-state index in [1.54, 1.807) is 11.1 Å². The van der Waals surface area contributed by atoms with Gasteiger partial charge in [-0.2, -0.15) is 0 Å². The second-order valence-corrected chi connectivity index (χ2v) is 5.62. The zero-order valence-electron chi connectivity index (χ0n) is 7.66. The van der Waals surface area contributed by atoms with Crippen LogP contribution < -0.4 is 5.32 Å². The first-order chi connectivity index (χ1) is 6.66. The summed E-state index contributed by atoms with van der Waals surface area (Å²) in [6.45, 7) is 0.822. The molecule has 1 unspecified atom stereocenters. The number of halogens is 1. The van der Waals surface area contributed by atoms with Gasteiger partial charge in [-0.1, -0.05) is 11.3 Å². The average molecular weight is 276 g/mol.